The molecule has 5 heteroatoms. The van der Waals surface area contributed by atoms with Crippen LogP contribution in [-0.2, 0) is 12.8 Å². The van der Waals surface area contributed by atoms with Crippen molar-refractivity contribution in [3.05, 3.63) is 47.0 Å². The number of aryl methyl sites for hydroxylation is 2. The molecule has 1 aromatic carbocycles. The summed E-state index contributed by atoms with van der Waals surface area (Å²) in [6, 6.07) is 5.89. The van der Waals surface area contributed by atoms with Crippen LogP contribution in [0.25, 0.3) is 5.69 Å². The van der Waals surface area contributed by atoms with Crippen molar-refractivity contribution in [2.24, 2.45) is 0 Å². The number of hydrogen-bond acceptors (Lipinski definition) is 2. The van der Waals surface area contributed by atoms with Crippen molar-refractivity contribution < 1.29 is 14.3 Å². The quantitative estimate of drug-likeness (QED) is 0.921. The Morgan fingerprint density at radius 3 is 2.68 bits per heavy atom. The summed E-state index contributed by atoms with van der Waals surface area (Å²) in [5, 5.41) is 13.5. The van der Waals surface area contributed by atoms with E-state index >= 15 is 0 Å². The van der Waals surface area contributed by atoms with Crippen LogP contribution >= 0.6 is 0 Å². The fourth-order valence-corrected chi connectivity index (χ4v) is 2.00. The normalized spacial score (nSPS) is 10.7. The fraction of sp³-hybridized carbons (Fsp3) is 0.286. The molecule has 0 bridgehead atoms. The molecule has 0 aliphatic rings. The van der Waals surface area contributed by atoms with Crippen molar-refractivity contribution in [1.29, 1.82) is 0 Å². The van der Waals surface area contributed by atoms with E-state index in [0.29, 0.717) is 6.42 Å². The summed E-state index contributed by atoms with van der Waals surface area (Å²) in [5.74, 6) is -1.74. The maximum absolute atomic E-state index is 14.0. The number of aromatic carboxylic acids is 1. The zero-order valence-electron chi connectivity index (χ0n) is 10.9. The Labute approximate surface area is 110 Å². The summed E-state index contributed by atoms with van der Waals surface area (Å²) in [6.45, 7) is 3.87. The molecule has 0 spiro atoms. The summed E-state index contributed by atoms with van der Waals surface area (Å²) >= 11 is 0. The minimum atomic E-state index is -1.16. The summed E-state index contributed by atoms with van der Waals surface area (Å²) in [6.07, 6.45) is 1.37. The molecule has 0 saturated carbocycles. The predicted octanol–water partition coefficient (Wildman–Crippen LogP) is 2.83. The number of carboxylic acids is 1. The first-order chi connectivity index (χ1) is 9.08. The van der Waals surface area contributed by atoms with E-state index in [1.54, 1.807) is 0 Å². The molecule has 0 aliphatic heterocycles. The van der Waals surface area contributed by atoms with Gasteiger partial charge in [-0.05, 0) is 31.0 Å². The van der Waals surface area contributed by atoms with Crippen LogP contribution < -0.4 is 0 Å². The van der Waals surface area contributed by atoms with Gasteiger partial charge in [0.15, 0.2) is 0 Å². The van der Waals surface area contributed by atoms with E-state index in [0.717, 1.165) is 17.8 Å². The van der Waals surface area contributed by atoms with Gasteiger partial charge < -0.3 is 5.11 Å². The smallest absolute Gasteiger partial charge is 0.338 e. The Bertz CT molecular complexity index is 620. The highest BCUT2D eigenvalue weighted by atomic mass is 19.1. The lowest BCUT2D eigenvalue weighted by atomic mass is 10.1. The Kier molecular flexibility index (Phi) is 3.64. The zero-order chi connectivity index (χ0) is 14.0. The lowest BCUT2D eigenvalue weighted by molar-refractivity contribution is 0.0696. The summed E-state index contributed by atoms with van der Waals surface area (Å²) < 4.78 is 15.4. The first-order valence-electron chi connectivity index (χ1n) is 6.18. The van der Waals surface area contributed by atoms with Crippen molar-refractivity contribution in [1.82, 2.24) is 9.78 Å². The number of aromatic nitrogens is 2. The highest BCUT2D eigenvalue weighted by Crippen LogP contribution is 2.21. The molecule has 1 heterocycles. The van der Waals surface area contributed by atoms with E-state index in [1.165, 1.54) is 22.9 Å². The minimum absolute atomic E-state index is 0.00606. The van der Waals surface area contributed by atoms with Crippen LogP contribution in [-0.4, -0.2) is 20.9 Å². The van der Waals surface area contributed by atoms with Gasteiger partial charge >= 0.3 is 5.97 Å². The molecule has 0 radical (unpaired) electrons. The van der Waals surface area contributed by atoms with Crippen LogP contribution in [0.5, 0.6) is 0 Å². The average Bonchev–Trinajstić information content (AvgIpc) is 2.81. The highest BCUT2D eigenvalue weighted by Gasteiger charge is 2.19. The van der Waals surface area contributed by atoms with Gasteiger partial charge in [-0.3, -0.25) is 0 Å². The van der Waals surface area contributed by atoms with E-state index < -0.39 is 11.8 Å². The van der Waals surface area contributed by atoms with Crippen molar-refractivity contribution in [2.75, 3.05) is 0 Å². The van der Waals surface area contributed by atoms with Crippen LogP contribution in [0.15, 0.2) is 24.3 Å². The number of para-hydroxylation sites is 1. The number of halogens is 1. The van der Waals surface area contributed by atoms with Crippen molar-refractivity contribution in [3.8, 4) is 5.69 Å². The minimum Gasteiger partial charge on any atom is -0.478 e. The van der Waals surface area contributed by atoms with Crippen LogP contribution in [0, 0.1) is 5.82 Å². The topological polar surface area (TPSA) is 55.1 Å². The maximum atomic E-state index is 14.0. The van der Waals surface area contributed by atoms with Crippen LogP contribution in [0.3, 0.4) is 0 Å². The monoisotopic (exact) mass is 262 g/mol. The summed E-state index contributed by atoms with van der Waals surface area (Å²) in [5.41, 5.74) is 1.54. The third kappa shape index (κ3) is 2.36. The molecule has 0 amide bonds. The second-order valence-corrected chi connectivity index (χ2v) is 4.19. The third-order valence-corrected chi connectivity index (χ3v) is 2.99. The molecule has 100 valence electrons. The molecule has 2 rings (SSSR count). The average molecular weight is 262 g/mol. The Balaban J connectivity index is 2.70. The molecule has 0 unspecified atom stereocenters. The van der Waals surface area contributed by atoms with E-state index in [-0.39, 0.29) is 11.3 Å². The second-order valence-electron chi connectivity index (χ2n) is 4.19. The van der Waals surface area contributed by atoms with Gasteiger partial charge in [-0.15, -0.1) is 0 Å². The first kappa shape index (κ1) is 13.3. The molecule has 0 saturated heterocycles. The molecular weight excluding hydrogens is 247 g/mol. The number of nitrogens with zero attached hydrogens (tertiary/aromatic N) is 2. The maximum Gasteiger partial charge on any atom is 0.338 e. The third-order valence-electron chi connectivity index (χ3n) is 2.99. The zero-order valence-corrected chi connectivity index (χ0v) is 10.9. The number of rotatable bonds is 4. The van der Waals surface area contributed by atoms with Crippen LogP contribution in [0.4, 0.5) is 4.39 Å². The van der Waals surface area contributed by atoms with Gasteiger partial charge in [0.1, 0.15) is 11.5 Å². The largest absolute Gasteiger partial charge is 0.478 e. The molecule has 0 aliphatic carbocycles. The van der Waals surface area contributed by atoms with E-state index in [1.807, 2.05) is 19.9 Å². The molecule has 0 atom stereocenters. The van der Waals surface area contributed by atoms with Gasteiger partial charge in [0.25, 0.3) is 0 Å². The lowest BCUT2D eigenvalue weighted by Gasteiger charge is -2.10. The van der Waals surface area contributed by atoms with E-state index in [2.05, 4.69) is 5.10 Å². The molecular formula is C14H15FN2O2. The van der Waals surface area contributed by atoms with Gasteiger partial charge in [0, 0.05) is 5.69 Å². The van der Waals surface area contributed by atoms with Crippen molar-refractivity contribution in [3.63, 3.8) is 0 Å². The second kappa shape index (κ2) is 5.22. The van der Waals surface area contributed by atoms with Crippen LogP contribution in [0.1, 0.15) is 35.6 Å². The summed E-state index contributed by atoms with van der Waals surface area (Å²) in [4.78, 5) is 11.2. The Morgan fingerprint density at radius 2 is 2.11 bits per heavy atom. The van der Waals surface area contributed by atoms with Gasteiger partial charge in [0.05, 0.1) is 11.3 Å². The Morgan fingerprint density at radius 1 is 1.37 bits per heavy atom. The van der Waals surface area contributed by atoms with Gasteiger partial charge in [0.2, 0.25) is 0 Å². The predicted molar refractivity (Wildman–Crippen MR) is 69.2 cm³/mol. The van der Waals surface area contributed by atoms with Gasteiger partial charge in [-0.2, -0.15) is 5.10 Å². The van der Waals surface area contributed by atoms with Crippen molar-refractivity contribution >= 4 is 5.97 Å². The molecule has 4 nitrogen and oxygen atoms in total. The lowest BCUT2D eigenvalue weighted by Crippen LogP contribution is -2.11. The number of carbonyl (C=O) groups is 1. The number of hydrogen-bond donors (Lipinski definition) is 1. The molecule has 1 N–H and O–H groups in total. The SMILES string of the molecule is CCc1cc(CC)n(-c2c(F)cccc2C(=O)O)n1. The van der Waals surface area contributed by atoms with Crippen LogP contribution in [0.2, 0.25) is 0 Å². The molecule has 0 fully saturated rings. The standard InChI is InChI=1S/C14H15FN2O2/c1-3-9-8-10(4-2)17(16-9)13-11(14(18)19)6-5-7-12(13)15/h5-8H,3-4H2,1-2H3,(H,18,19). The van der Waals surface area contributed by atoms with Gasteiger partial charge in [-0.25, -0.2) is 13.9 Å². The number of carboxylic acid groups (broad SMARTS) is 1. The first-order valence-corrected chi connectivity index (χ1v) is 6.18. The van der Waals surface area contributed by atoms with Gasteiger partial charge in [-0.1, -0.05) is 19.9 Å². The fourth-order valence-electron chi connectivity index (χ4n) is 2.00. The van der Waals surface area contributed by atoms with Crippen molar-refractivity contribution in [2.45, 2.75) is 26.7 Å². The Hall–Kier alpha value is -2.17. The molecule has 2 aromatic rings. The van der Waals surface area contributed by atoms with E-state index in [4.69, 9.17) is 0 Å². The highest BCUT2D eigenvalue weighted by molar-refractivity contribution is 5.92. The van der Waals surface area contributed by atoms with E-state index in [9.17, 15) is 14.3 Å². The number of benzene rings is 1. The summed E-state index contributed by atoms with van der Waals surface area (Å²) in [7, 11) is 0. The molecule has 1 aromatic heterocycles. The molecule has 19 heavy (non-hydrogen) atoms.